The van der Waals surface area contributed by atoms with Gasteiger partial charge in [-0.3, -0.25) is 9.59 Å². The van der Waals surface area contributed by atoms with Gasteiger partial charge in [0.2, 0.25) is 5.91 Å². The third kappa shape index (κ3) is 4.27. The predicted molar refractivity (Wildman–Crippen MR) is 98.3 cm³/mol. The molecule has 3 rings (SSSR count). The Hall–Kier alpha value is -3.52. The normalized spacial score (nSPS) is 9.96. The topological polar surface area (TPSA) is 74.0 Å². The summed E-state index contributed by atoms with van der Waals surface area (Å²) in [7, 11) is 0. The molecule has 3 N–H and O–H groups in total. The molecule has 0 radical (unpaired) electrons. The first-order valence-electron chi connectivity index (χ1n) is 7.84. The van der Waals surface area contributed by atoms with E-state index < -0.39 is 0 Å². The van der Waals surface area contributed by atoms with Crippen LogP contribution in [0.1, 0.15) is 22.8 Å². The monoisotopic (exact) mass is 331 g/mol. The van der Waals surface area contributed by atoms with Gasteiger partial charge in [0.25, 0.3) is 5.91 Å². The van der Waals surface area contributed by atoms with E-state index in [0.29, 0.717) is 5.56 Å². The summed E-state index contributed by atoms with van der Waals surface area (Å²) in [6, 6.07) is 14.7. The summed E-state index contributed by atoms with van der Waals surface area (Å²) in [4.78, 5) is 26.2. The lowest BCUT2D eigenvalue weighted by atomic mass is 10.1. The van der Waals surface area contributed by atoms with E-state index in [2.05, 4.69) is 27.5 Å². The summed E-state index contributed by atoms with van der Waals surface area (Å²) in [5.74, 6) is 5.62. The first-order valence-corrected chi connectivity index (χ1v) is 7.84. The Balaban J connectivity index is 1.56. The second-order valence-corrected chi connectivity index (χ2v) is 5.52. The summed E-state index contributed by atoms with van der Waals surface area (Å²) in [5, 5.41) is 6.55. The van der Waals surface area contributed by atoms with Crippen molar-refractivity contribution in [3.8, 4) is 11.8 Å². The van der Waals surface area contributed by atoms with Crippen LogP contribution in [0.4, 0.5) is 5.69 Å². The van der Waals surface area contributed by atoms with Crippen LogP contribution in [0.15, 0.2) is 54.7 Å². The Bertz CT molecular complexity index is 975. The predicted octanol–water partition coefficient (Wildman–Crippen LogP) is 2.91. The first-order chi connectivity index (χ1) is 12.1. The quantitative estimate of drug-likeness (QED) is 0.646. The molecule has 0 aliphatic carbocycles. The van der Waals surface area contributed by atoms with Gasteiger partial charge in [-0.2, -0.15) is 0 Å². The minimum absolute atomic E-state index is 0.112. The molecule has 5 heteroatoms. The van der Waals surface area contributed by atoms with Crippen molar-refractivity contribution >= 4 is 28.4 Å². The molecule has 0 unspecified atom stereocenters. The first kappa shape index (κ1) is 16.3. The van der Waals surface area contributed by atoms with E-state index in [0.717, 1.165) is 22.2 Å². The summed E-state index contributed by atoms with van der Waals surface area (Å²) >= 11 is 0. The number of benzene rings is 2. The number of rotatable bonds is 3. The van der Waals surface area contributed by atoms with Gasteiger partial charge in [0, 0.05) is 35.5 Å². The molecule has 124 valence electrons. The third-order valence-corrected chi connectivity index (χ3v) is 3.59. The number of hydrogen-bond acceptors (Lipinski definition) is 2. The number of aromatic amines is 1. The maximum atomic E-state index is 12.1. The van der Waals surface area contributed by atoms with E-state index in [1.807, 2.05) is 36.5 Å². The molecular formula is C20H17N3O2. The standard InChI is InChI=1S/C20H17N3O2/c1-14(24)23-18-8-4-15(5-9-18)3-2-11-22-20(25)17-7-6-16-10-12-21-19(16)13-17/h4-10,12-13,21H,11H2,1H3,(H,22,25)(H,23,24). The number of fused-ring (bicyclic) bond motifs is 1. The Kier molecular flexibility index (Phi) is 4.82. The van der Waals surface area contributed by atoms with Crippen molar-refractivity contribution in [1.82, 2.24) is 10.3 Å². The highest BCUT2D eigenvalue weighted by Gasteiger charge is 2.05. The van der Waals surface area contributed by atoms with Crippen molar-refractivity contribution in [1.29, 1.82) is 0 Å². The van der Waals surface area contributed by atoms with Gasteiger partial charge >= 0.3 is 0 Å². The largest absolute Gasteiger partial charge is 0.361 e. The second-order valence-electron chi connectivity index (χ2n) is 5.52. The van der Waals surface area contributed by atoms with Gasteiger partial charge in [0.15, 0.2) is 0 Å². The van der Waals surface area contributed by atoms with Crippen LogP contribution in [0.2, 0.25) is 0 Å². The van der Waals surface area contributed by atoms with Gasteiger partial charge in [-0.05, 0) is 47.9 Å². The molecule has 0 saturated carbocycles. The van der Waals surface area contributed by atoms with Crippen molar-refractivity contribution in [3.63, 3.8) is 0 Å². The van der Waals surface area contributed by atoms with Crippen molar-refractivity contribution < 1.29 is 9.59 Å². The van der Waals surface area contributed by atoms with Crippen molar-refractivity contribution in [2.24, 2.45) is 0 Å². The molecule has 0 aliphatic rings. The highest BCUT2D eigenvalue weighted by atomic mass is 16.2. The SMILES string of the molecule is CC(=O)Nc1ccc(C#CCNC(=O)c2ccc3cc[nH]c3c2)cc1. The molecule has 1 heterocycles. The van der Waals surface area contributed by atoms with Gasteiger partial charge in [-0.15, -0.1) is 0 Å². The van der Waals surface area contributed by atoms with Crippen LogP contribution >= 0.6 is 0 Å². The minimum atomic E-state index is -0.160. The van der Waals surface area contributed by atoms with Gasteiger partial charge in [0.1, 0.15) is 0 Å². The molecule has 0 spiro atoms. The Morgan fingerprint density at radius 1 is 1.08 bits per heavy atom. The molecule has 0 bridgehead atoms. The molecule has 0 saturated heterocycles. The summed E-state index contributed by atoms with van der Waals surface area (Å²) in [5.41, 5.74) is 3.07. The lowest BCUT2D eigenvalue weighted by Gasteiger charge is -2.02. The fourth-order valence-electron chi connectivity index (χ4n) is 2.40. The Morgan fingerprint density at radius 3 is 2.64 bits per heavy atom. The number of amides is 2. The van der Waals surface area contributed by atoms with Gasteiger partial charge in [-0.25, -0.2) is 0 Å². The number of carbonyl (C=O) groups is 2. The zero-order valence-corrected chi connectivity index (χ0v) is 13.7. The molecular weight excluding hydrogens is 314 g/mol. The van der Waals surface area contributed by atoms with Gasteiger partial charge in [-0.1, -0.05) is 17.9 Å². The molecule has 3 aromatic rings. The van der Waals surface area contributed by atoms with E-state index >= 15 is 0 Å². The zero-order chi connectivity index (χ0) is 17.6. The third-order valence-electron chi connectivity index (χ3n) is 3.59. The van der Waals surface area contributed by atoms with Crippen LogP contribution in [0, 0.1) is 11.8 Å². The van der Waals surface area contributed by atoms with Crippen molar-refractivity contribution in [2.75, 3.05) is 11.9 Å². The number of H-pyrrole nitrogens is 1. The van der Waals surface area contributed by atoms with Crippen LogP contribution in [0.5, 0.6) is 0 Å². The van der Waals surface area contributed by atoms with Crippen molar-refractivity contribution in [3.05, 3.63) is 65.9 Å². The van der Waals surface area contributed by atoms with Gasteiger partial charge in [0.05, 0.1) is 6.54 Å². The second kappa shape index (κ2) is 7.37. The van der Waals surface area contributed by atoms with Crippen LogP contribution in [0.25, 0.3) is 10.9 Å². The maximum absolute atomic E-state index is 12.1. The van der Waals surface area contributed by atoms with E-state index in [-0.39, 0.29) is 18.4 Å². The Morgan fingerprint density at radius 2 is 1.88 bits per heavy atom. The average molecular weight is 331 g/mol. The smallest absolute Gasteiger partial charge is 0.252 e. The zero-order valence-electron chi connectivity index (χ0n) is 13.7. The van der Waals surface area contributed by atoms with Crippen molar-refractivity contribution in [2.45, 2.75) is 6.92 Å². The molecule has 5 nitrogen and oxygen atoms in total. The molecule has 2 amide bonds. The number of aromatic nitrogens is 1. The molecule has 2 aromatic carbocycles. The Labute approximate surface area is 145 Å². The highest BCUT2D eigenvalue weighted by Crippen LogP contribution is 2.14. The number of anilines is 1. The lowest BCUT2D eigenvalue weighted by Crippen LogP contribution is -2.23. The minimum Gasteiger partial charge on any atom is -0.361 e. The molecule has 0 fully saturated rings. The van der Waals surface area contributed by atoms with E-state index in [4.69, 9.17) is 0 Å². The van der Waals surface area contributed by atoms with E-state index in [9.17, 15) is 9.59 Å². The number of nitrogens with one attached hydrogen (secondary N) is 3. The van der Waals surface area contributed by atoms with E-state index in [1.165, 1.54) is 6.92 Å². The van der Waals surface area contributed by atoms with Crippen LogP contribution in [0.3, 0.4) is 0 Å². The van der Waals surface area contributed by atoms with Crippen LogP contribution in [-0.2, 0) is 4.79 Å². The van der Waals surface area contributed by atoms with E-state index in [1.54, 1.807) is 18.2 Å². The molecule has 1 aromatic heterocycles. The van der Waals surface area contributed by atoms with Crippen LogP contribution in [-0.4, -0.2) is 23.3 Å². The number of carbonyl (C=O) groups excluding carboxylic acids is 2. The summed E-state index contributed by atoms with van der Waals surface area (Å²) < 4.78 is 0. The maximum Gasteiger partial charge on any atom is 0.252 e. The molecule has 0 aliphatic heterocycles. The number of hydrogen-bond donors (Lipinski definition) is 3. The fraction of sp³-hybridized carbons (Fsp3) is 0.100. The van der Waals surface area contributed by atoms with Gasteiger partial charge < -0.3 is 15.6 Å². The highest BCUT2D eigenvalue weighted by molar-refractivity contribution is 5.98. The summed E-state index contributed by atoms with van der Waals surface area (Å²) in [6.07, 6.45) is 1.84. The van der Waals surface area contributed by atoms with Crippen LogP contribution < -0.4 is 10.6 Å². The molecule has 0 atom stereocenters. The lowest BCUT2D eigenvalue weighted by molar-refractivity contribution is -0.114. The summed E-state index contributed by atoms with van der Waals surface area (Å²) in [6.45, 7) is 1.72. The molecule has 25 heavy (non-hydrogen) atoms. The average Bonchev–Trinajstić information content (AvgIpc) is 3.07. The fourth-order valence-corrected chi connectivity index (χ4v) is 2.40.